The second kappa shape index (κ2) is 5.94. The minimum absolute atomic E-state index is 0.528. The number of hydrogen-bond donors (Lipinski definition) is 0. The number of hydrogen-bond acceptors (Lipinski definition) is 2. The second-order valence-corrected chi connectivity index (χ2v) is 4.57. The van der Waals surface area contributed by atoms with E-state index in [4.69, 9.17) is 10.00 Å². The van der Waals surface area contributed by atoms with Gasteiger partial charge in [0.1, 0.15) is 17.6 Å². The second-order valence-electron chi connectivity index (χ2n) is 4.57. The van der Waals surface area contributed by atoms with E-state index in [0.29, 0.717) is 11.3 Å². The molecule has 2 nitrogen and oxygen atoms in total. The lowest BCUT2D eigenvalue weighted by Crippen LogP contribution is -1.90. The molecule has 0 saturated heterocycles. The third kappa shape index (κ3) is 2.77. The number of rotatable bonds is 3. The Hall–Kier alpha value is -3.05. The average molecular weight is 271 g/mol. The summed E-state index contributed by atoms with van der Waals surface area (Å²) in [6.07, 6.45) is 0. The molecule has 0 aromatic heterocycles. The molecule has 0 aliphatic rings. The van der Waals surface area contributed by atoms with Crippen molar-refractivity contribution in [1.82, 2.24) is 0 Å². The Bertz CT molecular complexity index is 788. The molecular formula is C19H13NO. The van der Waals surface area contributed by atoms with Crippen molar-refractivity contribution in [2.45, 2.75) is 0 Å². The molecule has 0 fully saturated rings. The van der Waals surface area contributed by atoms with Crippen LogP contribution >= 0.6 is 0 Å². The number of nitrogens with zero attached hydrogens (tertiary/aromatic N) is 1. The van der Waals surface area contributed by atoms with Crippen LogP contribution in [-0.4, -0.2) is 0 Å². The maximum atomic E-state index is 9.15. The fourth-order valence-electron chi connectivity index (χ4n) is 2.18. The highest BCUT2D eigenvalue weighted by molar-refractivity contribution is 5.70. The van der Waals surface area contributed by atoms with Crippen molar-refractivity contribution >= 4 is 0 Å². The third-order valence-corrected chi connectivity index (χ3v) is 3.20. The number of para-hydroxylation sites is 2. The van der Waals surface area contributed by atoms with Crippen LogP contribution in [0.25, 0.3) is 11.1 Å². The van der Waals surface area contributed by atoms with E-state index in [1.54, 1.807) is 12.1 Å². The van der Waals surface area contributed by atoms with Crippen LogP contribution in [0.1, 0.15) is 5.56 Å². The molecule has 100 valence electrons. The molecule has 0 bridgehead atoms. The molecule has 0 spiro atoms. The molecule has 0 saturated carbocycles. The first-order valence-electron chi connectivity index (χ1n) is 6.70. The van der Waals surface area contributed by atoms with E-state index in [1.165, 1.54) is 0 Å². The van der Waals surface area contributed by atoms with E-state index in [2.05, 4.69) is 6.07 Å². The van der Waals surface area contributed by atoms with Crippen molar-refractivity contribution in [3.63, 3.8) is 0 Å². The maximum absolute atomic E-state index is 9.15. The number of benzene rings is 3. The molecule has 3 rings (SSSR count). The molecule has 0 unspecified atom stereocenters. The predicted octanol–water partition coefficient (Wildman–Crippen LogP) is 5.02. The van der Waals surface area contributed by atoms with E-state index < -0.39 is 0 Å². The highest BCUT2D eigenvalue weighted by Crippen LogP contribution is 2.34. The lowest BCUT2D eigenvalue weighted by atomic mass is 10.0. The maximum Gasteiger partial charge on any atom is 0.145 e. The fraction of sp³-hybridized carbons (Fsp3) is 0. The quantitative estimate of drug-likeness (QED) is 0.670. The lowest BCUT2D eigenvalue weighted by molar-refractivity contribution is 0.483. The summed E-state index contributed by atoms with van der Waals surface area (Å²) < 4.78 is 5.96. The molecule has 2 heteroatoms. The first-order chi connectivity index (χ1) is 10.4. The molecule has 0 heterocycles. The zero-order valence-corrected chi connectivity index (χ0v) is 11.4. The minimum atomic E-state index is 0.528. The zero-order chi connectivity index (χ0) is 14.5. The van der Waals surface area contributed by atoms with E-state index in [9.17, 15) is 0 Å². The Morgan fingerprint density at radius 2 is 1.29 bits per heavy atom. The van der Waals surface area contributed by atoms with Gasteiger partial charge in [0.15, 0.2) is 0 Å². The normalized spacial score (nSPS) is 9.86. The Morgan fingerprint density at radius 3 is 2.05 bits per heavy atom. The van der Waals surface area contributed by atoms with Gasteiger partial charge in [-0.25, -0.2) is 0 Å². The molecule has 3 aromatic carbocycles. The first kappa shape index (κ1) is 13.0. The Labute approximate surface area is 123 Å². The Balaban J connectivity index is 2.03. The largest absolute Gasteiger partial charge is 0.455 e. The van der Waals surface area contributed by atoms with Gasteiger partial charge in [-0.2, -0.15) is 5.26 Å². The smallest absolute Gasteiger partial charge is 0.145 e. The van der Waals surface area contributed by atoms with Gasteiger partial charge in [0.25, 0.3) is 0 Å². The summed E-state index contributed by atoms with van der Waals surface area (Å²) in [5, 5.41) is 9.15. The summed E-state index contributed by atoms with van der Waals surface area (Å²) in [4.78, 5) is 0. The number of ether oxygens (including phenoxy) is 1. The molecule has 0 amide bonds. The number of nitriles is 1. The molecule has 0 aliphatic carbocycles. The lowest BCUT2D eigenvalue weighted by Gasteiger charge is -2.12. The summed E-state index contributed by atoms with van der Waals surface area (Å²) in [7, 11) is 0. The van der Waals surface area contributed by atoms with Crippen molar-refractivity contribution in [3.05, 3.63) is 84.4 Å². The summed E-state index contributed by atoms with van der Waals surface area (Å²) in [6.45, 7) is 0. The van der Waals surface area contributed by atoms with E-state index in [1.807, 2.05) is 66.7 Å². The van der Waals surface area contributed by atoms with Gasteiger partial charge in [0.2, 0.25) is 0 Å². The Kier molecular flexibility index (Phi) is 3.66. The summed E-state index contributed by atoms with van der Waals surface area (Å²) in [5.41, 5.74) is 2.62. The molecule has 0 atom stereocenters. The van der Waals surface area contributed by atoms with Gasteiger partial charge in [-0.1, -0.05) is 60.7 Å². The SMILES string of the molecule is N#Cc1ccccc1Oc1ccccc1-c1ccccc1. The van der Waals surface area contributed by atoms with Crippen LogP contribution in [0.4, 0.5) is 0 Å². The van der Waals surface area contributed by atoms with Gasteiger partial charge in [0.05, 0.1) is 5.56 Å². The Morgan fingerprint density at radius 1 is 0.667 bits per heavy atom. The zero-order valence-electron chi connectivity index (χ0n) is 11.4. The monoisotopic (exact) mass is 271 g/mol. The molecule has 3 aromatic rings. The molecule has 0 N–H and O–H groups in total. The van der Waals surface area contributed by atoms with Gasteiger partial charge in [0, 0.05) is 5.56 Å². The summed E-state index contributed by atoms with van der Waals surface area (Å²) >= 11 is 0. The highest BCUT2D eigenvalue weighted by Gasteiger charge is 2.08. The van der Waals surface area contributed by atoms with E-state index >= 15 is 0 Å². The third-order valence-electron chi connectivity index (χ3n) is 3.20. The van der Waals surface area contributed by atoms with Crippen molar-refractivity contribution in [3.8, 4) is 28.7 Å². The standard InChI is InChI=1S/C19H13NO/c20-14-16-10-4-6-12-18(16)21-19-13-7-5-11-17(19)15-8-2-1-3-9-15/h1-13H. The van der Waals surface area contributed by atoms with Crippen LogP contribution in [0.15, 0.2) is 78.9 Å². The molecule has 0 radical (unpaired) electrons. The summed E-state index contributed by atoms with van der Waals surface area (Å²) in [6, 6.07) is 27.3. The van der Waals surface area contributed by atoms with Crippen molar-refractivity contribution in [2.24, 2.45) is 0 Å². The fourth-order valence-corrected chi connectivity index (χ4v) is 2.18. The van der Waals surface area contributed by atoms with Crippen LogP contribution in [0.2, 0.25) is 0 Å². The molecule has 0 aliphatic heterocycles. The predicted molar refractivity (Wildman–Crippen MR) is 83.1 cm³/mol. The molecular weight excluding hydrogens is 258 g/mol. The van der Waals surface area contributed by atoms with Gasteiger partial charge >= 0.3 is 0 Å². The van der Waals surface area contributed by atoms with Gasteiger partial charge in [-0.3, -0.25) is 0 Å². The topological polar surface area (TPSA) is 33.0 Å². The van der Waals surface area contributed by atoms with Gasteiger partial charge < -0.3 is 4.74 Å². The van der Waals surface area contributed by atoms with E-state index in [0.717, 1.165) is 16.9 Å². The first-order valence-corrected chi connectivity index (χ1v) is 6.70. The molecule has 21 heavy (non-hydrogen) atoms. The van der Waals surface area contributed by atoms with Crippen LogP contribution < -0.4 is 4.74 Å². The van der Waals surface area contributed by atoms with Crippen molar-refractivity contribution < 1.29 is 4.74 Å². The summed E-state index contributed by atoms with van der Waals surface area (Å²) in [5.74, 6) is 1.31. The highest BCUT2D eigenvalue weighted by atomic mass is 16.5. The van der Waals surface area contributed by atoms with Crippen molar-refractivity contribution in [2.75, 3.05) is 0 Å². The van der Waals surface area contributed by atoms with Crippen LogP contribution in [0.5, 0.6) is 11.5 Å². The van der Waals surface area contributed by atoms with E-state index in [-0.39, 0.29) is 0 Å². The van der Waals surface area contributed by atoms with Crippen molar-refractivity contribution in [1.29, 1.82) is 5.26 Å². The van der Waals surface area contributed by atoms with Gasteiger partial charge in [-0.15, -0.1) is 0 Å². The van der Waals surface area contributed by atoms with Crippen LogP contribution in [0, 0.1) is 11.3 Å². The van der Waals surface area contributed by atoms with Crippen LogP contribution in [-0.2, 0) is 0 Å². The van der Waals surface area contributed by atoms with Crippen LogP contribution in [0.3, 0.4) is 0 Å². The van der Waals surface area contributed by atoms with Gasteiger partial charge in [-0.05, 0) is 23.8 Å². The average Bonchev–Trinajstić information content (AvgIpc) is 2.57. The minimum Gasteiger partial charge on any atom is -0.455 e.